The summed E-state index contributed by atoms with van der Waals surface area (Å²) >= 11 is 3.48. The molecule has 0 fully saturated rings. The smallest absolute Gasteiger partial charge is 0.303 e. The number of fused-ring (bicyclic) bond motifs is 1. The lowest BCUT2D eigenvalue weighted by Crippen LogP contribution is -2.17. The third-order valence-electron chi connectivity index (χ3n) is 5.95. The van der Waals surface area contributed by atoms with Gasteiger partial charge in [0.2, 0.25) is 0 Å². The van der Waals surface area contributed by atoms with Crippen LogP contribution in [0.25, 0.3) is 10.9 Å². The number of halogens is 1. The van der Waals surface area contributed by atoms with E-state index in [0.29, 0.717) is 17.7 Å². The number of aryl methyl sites for hydroxylation is 1. The quantitative estimate of drug-likeness (QED) is 0.185. The largest absolute Gasteiger partial charge is 0.494 e. The summed E-state index contributed by atoms with van der Waals surface area (Å²) in [5.74, 6) is -0.804. The van der Waals surface area contributed by atoms with Crippen LogP contribution in [0.15, 0.2) is 76.2 Å². The highest BCUT2D eigenvalue weighted by molar-refractivity contribution is 9.10. The maximum absolute atomic E-state index is 11.1. The molecule has 4 aromatic rings. The number of carboxylic acid groups (broad SMARTS) is 1. The van der Waals surface area contributed by atoms with E-state index in [1.165, 1.54) is 5.56 Å². The summed E-state index contributed by atoms with van der Waals surface area (Å²) in [5.41, 5.74) is 5.63. The van der Waals surface area contributed by atoms with Crippen molar-refractivity contribution in [1.82, 2.24) is 10.3 Å². The molecule has 1 unspecified atom stereocenters. The Bertz CT molecular complexity index is 1380. The molecule has 1 atom stereocenters. The summed E-state index contributed by atoms with van der Waals surface area (Å²) in [6, 6.07) is 21.8. The number of nitrogens with zero attached hydrogens (tertiary/aromatic N) is 1. The van der Waals surface area contributed by atoms with E-state index in [4.69, 9.17) is 10.1 Å². The number of aromatic nitrogens is 1. The summed E-state index contributed by atoms with van der Waals surface area (Å²) in [4.78, 5) is 19.1. The van der Waals surface area contributed by atoms with Crippen molar-refractivity contribution in [3.05, 3.63) is 93.5 Å². The molecule has 0 aliphatic carbocycles. The highest BCUT2D eigenvalue weighted by Gasteiger charge is 2.19. The van der Waals surface area contributed by atoms with Gasteiger partial charge in [-0.3, -0.25) is 4.79 Å². The van der Waals surface area contributed by atoms with Gasteiger partial charge in [0.1, 0.15) is 0 Å². The van der Waals surface area contributed by atoms with Crippen molar-refractivity contribution < 1.29 is 15.0 Å². The first-order valence-corrected chi connectivity index (χ1v) is 12.4. The van der Waals surface area contributed by atoms with Crippen LogP contribution in [-0.4, -0.2) is 33.4 Å². The van der Waals surface area contributed by atoms with Crippen molar-refractivity contribution in [2.45, 2.75) is 32.7 Å². The number of aromatic amines is 1. The average Bonchev–Trinajstić information content (AvgIpc) is 3.16. The third kappa shape index (κ3) is 5.81. The maximum atomic E-state index is 11.1. The van der Waals surface area contributed by atoms with Crippen molar-refractivity contribution in [3.8, 4) is 5.88 Å². The second-order valence-electron chi connectivity index (χ2n) is 8.46. The Morgan fingerprint density at radius 2 is 1.89 bits per heavy atom. The summed E-state index contributed by atoms with van der Waals surface area (Å²) in [7, 11) is 0. The minimum Gasteiger partial charge on any atom is -0.494 e. The Hall–Kier alpha value is -3.42. The van der Waals surface area contributed by atoms with E-state index in [1.54, 1.807) is 0 Å². The van der Waals surface area contributed by atoms with Crippen LogP contribution in [-0.2, 0) is 11.2 Å². The zero-order valence-corrected chi connectivity index (χ0v) is 21.3. The van der Waals surface area contributed by atoms with Crippen LogP contribution >= 0.6 is 15.9 Å². The van der Waals surface area contributed by atoms with Gasteiger partial charge in [-0.1, -0.05) is 59.3 Å². The number of hydrogen-bond acceptors (Lipinski definition) is 4. The topological polar surface area (TPSA) is 97.7 Å². The van der Waals surface area contributed by atoms with Crippen LogP contribution in [0.2, 0.25) is 0 Å². The van der Waals surface area contributed by atoms with Crippen LogP contribution in [0.4, 0.5) is 5.69 Å². The van der Waals surface area contributed by atoms with Crippen molar-refractivity contribution in [2.24, 2.45) is 4.99 Å². The fraction of sp³-hybridized carbons (Fsp3) is 0.214. The zero-order chi connectivity index (χ0) is 24.9. The minimum atomic E-state index is -0.837. The van der Waals surface area contributed by atoms with E-state index < -0.39 is 5.97 Å². The van der Waals surface area contributed by atoms with E-state index in [2.05, 4.69) is 52.2 Å². The first kappa shape index (κ1) is 24.7. The van der Waals surface area contributed by atoms with Gasteiger partial charge in [-0.2, -0.15) is 0 Å². The average molecular weight is 534 g/mol. The Balaban J connectivity index is 1.83. The predicted molar refractivity (Wildman–Crippen MR) is 144 cm³/mol. The van der Waals surface area contributed by atoms with E-state index in [0.717, 1.165) is 38.7 Å². The molecule has 0 spiro atoms. The van der Waals surface area contributed by atoms with E-state index in [9.17, 15) is 9.90 Å². The monoisotopic (exact) mass is 533 g/mol. The Labute approximate surface area is 212 Å². The number of carboxylic acids is 1. The van der Waals surface area contributed by atoms with Crippen LogP contribution in [0.5, 0.6) is 5.88 Å². The third-order valence-corrected chi connectivity index (χ3v) is 6.44. The molecule has 0 bridgehead atoms. The highest BCUT2D eigenvalue weighted by atomic mass is 79.9. The molecule has 6 nitrogen and oxygen atoms in total. The van der Waals surface area contributed by atoms with Gasteiger partial charge in [0.25, 0.3) is 0 Å². The second kappa shape index (κ2) is 10.9. The van der Waals surface area contributed by atoms with Crippen LogP contribution in [0.3, 0.4) is 0 Å². The first-order chi connectivity index (χ1) is 16.9. The number of benzene rings is 3. The van der Waals surface area contributed by atoms with Gasteiger partial charge in [-0.05, 0) is 61.3 Å². The molecule has 4 N–H and O–H groups in total. The summed E-state index contributed by atoms with van der Waals surface area (Å²) in [6.07, 6.45) is 0.466. The molecule has 0 radical (unpaired) electrons. The van der Waals surface area contributed by atoms with E-state index in [-0.39, 0.29) is 18.3 Å². The van der Waals surface area contributed by atoms with Gasteiger partial charge < -0.3 is 20.5 Å². The standard InChI is InChI=1S/C28H28BrN3O3/c1-3-30-17(2)19-8-11-22(12-9-19)31-27(20-6-4-5-18(15-20)7-14-25(33)34)26-23-13-10-21(29)16-24(23)32-28(26)35/h4-6,8-13,15-17,30,32,35H,3,7,14H2,1-2H3,(H,33,34). The van der Waals surface area contributed by atoms with Gasteiger partial charge in [0.15, 0.2) is 5.88 Å². The number of hydrogen-bond donors (Lipinski definition) is 4. The number of rotatable bonds is 9. The molecule has 1 aromatic heterocycles. The molecule has 0 aliphatic heterocycles. The molecule has 180 valence electrons. The molecule has 0 saturated heterocycles. The molecule has 0 saturated carbocycles. The van der Waals surface area contributed by atoms with E-state index >= 15 is 0 Å². The lowest BCUT2D eigenvalue weighted by atomic mass is 9.97. The number of aliphatic carboxylic acids is 1. The first-order valence-electron chi connectivity index (χ1n) is 11.6. The lowest BCUT2D eigenvalue weighted by molar-refractivity contribution is -0.136. The van der Waals surface area contributed by atoms with E-state index in [1.807, 2.05) is 54.6 Å². The second-order valence-corrected chi connectivity index (χ2v) is 9.38. The predicted octanol–water partition coefficient (Wildman–Crippen LogP) is 6.49. The van der Waals surface area contributed by atoms with Crippen molar-refractivity contribution in [3.63, 3.8) is 0 Å². The van der Waals surface area contributed by atoms with Gasteiger partial charge in [0.05, 0.1) is 22.5 Å². The maximum Gasteiger partial charge on any atom is 0.303 e. The lowest BCUT2D eigenvalue weighted by Gasteiger charge is -2.13. The minimum absolute atomic E-state index is 0.0326. The summed E-state index contributed by atoms with van der Waals surface area (Å²) in [6.45, 7) is 5.09. The summed E-state index contributed by atoms with van der Waals surface area (Å²) in [5, 5.41) is 24.3. The van der Waals surface area contributed by atoms with Crippen LogP contribution in [0.1, 0.15) is 48.6 Å². The number of nitrogens with one attached hydrogen (secondary N) is 2. The molecule has 1 heterocycles. The molecule has 35 heavy (non-hydrogen) atoms. The highest BCUT2D eigenvalue weighted by Crippen LogP contribution is 2.33. The Morgan fingerprint density at radius 1 is 1.11 bits per heavy atom. The van der Waals surface area contributed by atoms with Crippen molar-refractivity contribution in [1.29, 1.82) is 0 Å². The Kier molecular flexibility index (Phi) is 7.68. The number of H-pyrrole nitrogens is 1. The Morgan fingerprint density at radius 3 is 2.60 bits per heavy atom. The molecular weight excluding hydrogens is 506 g/mol. The van der Waals surface area contributed by atoms with Gasteiger partial charge in [-0.15, -0.1) is 0 Å². The van der Waals surface area contributed by atoms with Crippen LogP contribution in [0, 0.1) is 0 Å². The molecule has 4 rings (SSSR count). The molecule has 0 amide bonds. The molecular formula is C28H28BrN3O3. The number of aromatic hydroxyl groups is 1. The molecule has 7 heteroatoms. The fourth-order valence-corrected chi connectivity index (χ4v) is 4.54. The normalized spacial score (nSPS) is 12.7. The van der Waals surface area contributed by atoms with Crippen molar-refractivity contribution in [2.75, 3.05) is 6.54 Å². The number of carbonyl (C=O) groups is 1. The zero-order valence-electron chi connectivity index (χ0n) is 19.7. The van der Waals surface area contributed by atoms with Gasteiger partial charge in [0, 0.05) is 27.9 Å². The SMILES string of the molecule is CCNC(C)c1ccc(N=C(c2cccc(CCC(=O)O)c2)c2c(O)[nH]c3cc(Br)ccc23)cc1. The van der Waals surface area contributed by atoms with Gasteiger partial charge >= 0.3 is 5.97 Å². The van der Waals surface area contributed by atoms with Crippen LogP contribution < -0.4 is 5.32 Å². The summed E-state index contributed by atoms with van der Waals surface area (Å²) < 4.78 is 0.900. The molecule has 0 aliphatic rings. The van der Waals surface area contributed by atoms with Crippen molar-refractivity contribution >= 4 is 44.2 Å². The number of aliphatic imine (C=N–C) groups is 1. The molecule has 3 aromatic carbocycles. The van der Waals surface area contributed by atoms with Gasteiger partial charge in [-0.25, -0.2) is 4.99 Å². The fourth-order valence-electron chi connectivity index (χ4n) is 4.18.